The minimum Gasteiger partial charge on any atom is -0.319 e. The fourth-order valence-electron chi connectivity index (χ4n) is 3.21. The fourth-order valence-corrected chi connectivity index (χ4v) is 3.64. The first-order valence-corrected chi connectivity index (χ1v) is 7.58. The average Bonchev–Trinajstić information content (AvgIpc) is 2.83. The van der Waals surface area contributed by atoms with E-state index in [2.05, 4.69) is 20.4 Å². The van der Waals surface area contributed by atoms with Crippen molar-refractivity contribution in [3.63, 3.8) is 0 Å². The molecule has 2 atom stereocenters. The van der Waals surface area contributed by atoms with E-state index in [1.54, 1.807) is 5.51 Å². The van der Waals surface area contributed by atoms with Crippen LogP contribution in [0.15, 0.2) is 5.51 Å². The molecule has 3 heterocycles. The molecule has 6 heteroatoms. The Morgan fingerprint density at radius 3 is 2.50 bits per heavy atom. The summed E-state index contributed by atoms with van der Waals surface area (Å²) in [6, 6.07) is 0.877. The molecule has 2 unspecified atom stereocenters. The molecule has 18 heavy (non-hydrogen) atoms. The standard InChI is InChI=1S/C12H18N4OS/c17-12(14-11-15-13-8-18-11)16-9-4-1-2-5-10(16)7-3-6-9/h8-10H,1-7H2,(H,14,15,17). The molecule has 2 aliphatic heterocycles. The van der Waals surface area contributed by atoms with Gasteiger partial charge < -0.3 is 4.90 Å². The Morgan fingerprint density at radius 2 is 1.89 bits per heavy atom. The van der Waals surface area contributed by atoms with Crippen molar-refractivity contribution in [1.82, 2.24) is 15.1 Å². The first-order chi connectivity index (χ1) is 8.84. The molecular weight excluding hydrogens is 248 g/mol. The van der Waals surface area contributed by atoms with Crippen molar-refractivity contribution in [1.29, 1.82) is 0 Å². The van der Waals surface area contributed by atoms with Crippen molar-refractivity contribution >= 4 is 22.5 Å². The van der Waals surface area contributed by atoms with Crippen LogP contribution in [0.3, 0.4) is 0 Å². The van der Waals surface area contributed by atoms with Gasteiger partial charge in [-0.2, -0.15) is 0 Å². The summed E-state index contributed by atoms with van der Waals surface area (Å²) in [5.74, 6) is 0. The van der Waals surface area contributed by atoms with Crippen LogP contribution in [0.25, 0.3) is 0 Å². The van der Waals surface area contributed by atoms with Crippen molar-refractivity contribution in [2.45, 2.75) is 57.0 Å². The number of carbonyl (C=O) groups is 1. The number of piperidine rings is 1. The summed E-state index contributed by atoms with van der Waals surface area (Å²) in [4.78, 5) is 14.5. The van der Waals surface area contributed by atoms with Gasteiger partial charge in [0.05, 0.1) is 0 Å². The van der Waals surface area contributed by atoms with Gasteiger partial charge in [-0.25, -0.2) is 4.79 Å². The Hall–Kier alpha value is -1.17. The van der Waals surface area contributed by atoms with E-state index in [1.807, 2.05) is 0 Å². The number of nitrogens with one attached hydrogen (secondary N) is 1. The van der Waals surface area contributed by atoms with E-state index in [-0.39, 0.29) is 6.03 Å². The van der Waals surface area contributed by atoms with Crippen LogP contribution in [0.2, 0.25) is 0 Å². The molecule has 0 radical (unpaired) electrons. The third-order valence-corrected chi connectivity index (χ3v) is 4.60. The molecule has 2 fully saturated rings. The lowest BCUT2D eigenvalue weighted by Gasteiger charge is -2.40. The van der Waals surface area contributed by atoms with E-state index in [1.165, 1.54) is 30.6 Å². The Morgan fingerprint density at radius 1 is 1.22 bits per heavy atom. The largest absolute Gasteiger partial charge is 0.324 e. The van der Waals surface area contributed by atoms with Gasteiger partial charge >= 0.3 is 6.03 Å². The SMILES string of the molecule is O=C(Nc1nncs1)N1C2CCCCC1CCC2. The molecule has 2 amide bonds. The molecule has 2 aliphatic rings. The van der Waals surface area contributed by atoms with E-state index < -0.39 is 0 Å². The number of rotatable bonds is 1. The van der Waals surface area contributed by atoms with Gasteiger partial charge in [0, 0.05) is 12.1 Å². The molecule has 0 spiro atoms. The Labute approximate surface area is 111 Å². The molecule has 2 bridgehead atoms. The minimum atomic E-state index is 0.0170. The summed E-state index contributed by atoms with van der Waals surface area (Å²) in [6.45, 7) is 0. The zero-order valence-corrected chi connectivity index (χ0v) is 11.2. The molecular formula is C12H18N4OS. The van der Waals surface area contributed by atoms with Crippen molar-refractivity contribution in [3.8, 4) is 0 Å². The lowest BCUT2D eigenvalue weighted by atomic mass is 9.95. The number of hydrogen-bond donors (Lipinski definition) is 1. The van der Waals surface area contributed by atoms with Crippen molar-refractivity contribution in [3.05, 3.63) is 5.51 Å². The molecule has 98 valence electrons. The second-order valence-corrected chi connectivity index (χ2v) is 5.94. The van der Waals surface area contributed by atoms with Crippen LogP contribution in [0, 0.1) is 0 Å². The number of nitrogens with zero attached hydrogens (tertiary/aromatic N) is 3. The summed E-state index contributed by atoms with van der Waals surface area (Å²) in [5, 5.41) is 11.1. The van der Waals surface area contributed by atoms with Gasteiger partial charge in [0.1, 0.15) is 5.51 Å². The van der Waals surface area contributed by atoms with Crippen molar-refractivity contribution < 1.29 is 4.79 Å². The summed E-state index contributed by atoms with van der Waals surface area (Å²) in [7, 11) is 0. The summed E-state index contributed by atoms with van der Waals surface area (Å²) in [5.41, 5.74) is 1.64. The Bertz CT molecular complexity index is 394. The van der Waals surface area contributed by atoms with Gasteiger partial charge in [-0.15, -0.1) is 10.2 Å². The van der Waals surface area contributed by atoms with Gasteiger partial charge in [0.25, 0.3) is 0 Å². The molecule has 3 rings (SSSR count). The number of aromatic nitrogens is 2. The molecule has 0 saturated carbocycles. The quantitative estimate of drug-likeness (QED) is 0.850. The van der Waals surface area contributed by atoms with Gasteiger partial charge in [-0.3, -0.25) is 5.32 Å². The first kappa shape index (κ1) is 11.9. The maximum atomic E-state index is 12.4. The van der Waals surface area contributed by atoms with Crippen LogP contribution in [-0.2, 0) is 0 Å². The van der Waals surface area contributed by atoms with Gasteiger partial charge in [-0.1, -0.05) is 24.2 Å². The normalized spacial score (nSPS) is 27.7. The molecule has 5 nitrogen and oxygen atoms in total. The van der Waals surface area contributed by atoms with Crippen LogP contribution in [0.1, 0.15) is 44.9 Å². The highest BCUT2D eigenvalue weighted by atomic mass is 32.1. The van der Waals surface area contributed by atoms with Gasteiger partial charge in [0.15, 0.2) is 0 Å². The Kier molecular flexibility index (Phi) is 3.45. The summed E-state index contributed by atoms with van der Waals surface area (Å²) >= 11 is 1.37. The second-order valence-electron chi connectivity index (χ2n) is 5.10. The number of carbonyl (C=O) groups excluding carboxylic acids is 1. The predicted octanol–water partition coefficient (Wildman–Crippen LogP) is 2.87. The number of hydrogen-bond acceptors (Lipinski definition) is 4. The first-order valence-electron chi connectivity index (χ1n) is 6.70. The fraction of sp³-hybridized carbons (Fsp3) is 0.750. The maximum absolute atomic E-state index is 12.4. The monoisotopic (exact) mass is 266 g/mol. The third kappa shape index (κ3) is 2.34. The van der Waals surface area contributed by atoms with E-state index in [4.69, 9.17) is 0 Å². The number of amides is 2. The van der Waals surface area contributed by atoms with Crippen LogP contribution in [0.5, 0.6) is 0 Å². The van der Waals surface area contributed by atoms with E-state index in [9.17, 15) is 4.79 Å². The lowest BCUT2D eigenvalue weighted by molar-refractivity contribution is 0.119. The molecule has 0 aliphatic carbocycles. The zero-order chi connectivity index (χ0) is 12.4. The van der Waals surface area contributed by atoms with E-state index in [0.29, 0.717) is 17.2 Å². The molecule has 0 aromatic carbocycles. The smallest absolute Gasteiger partial charge is 0.319 e. The molecule has 1 aromatic heterocycles. The van der Waals surface area contributed by atoms with Gasteiger partial charge in [0.2, 0.25) is 5.13 Å². The highest BCUT2D eigenvalue weighted by Gasteiger charge is 2.35. The van der Waals surface area contributed by atoms with Crippen LogP contribution < -0.4 is 5.32 Å². The van der Waals surface area contributed by atoms with Crippen LogP contribution in [0.4, 0.5) is 9.93 Å². The van der Waals surface area contributed by atoms with Crippen molar-refractivity contribution in [2.75, 3.05) is 5.32 Å². The minimum absolute atomic E-state index is 0.0170. The topological polar surface area (TPSA) is 58.1 Å². The highest BCUT2D eigenvalue weighted by Crippen LogP contribution is 2.33. The third-order valence-electron chi connectivity index (χ3n) is 3.99. The lowest BCUT2D eigenvalue weighted by Crippen LogP contribution is -2.50. The molecule has 2 saturated heterocycles. The van der Waals surface area contributed by atoms with E-state index >= 15 is 0 Å². The predicted molar refractivity (Wildman–Crippen MR) is 70.7 cm³/mol. The Balaban J connectivity index is 1.74. The van der Waals surface area contributed by atoms with Crippen LogP contribution in [-0.4, -0.2) is 33.2 Å². The van der Waals surface area contributed by atoms with Crippen LogP contribution >= 0.6 is 11.3 Å². The average molecular weight is 266 g/mol. The number of fused-ring (bicyclic) bond motifs is 2. The van der Waals surface area contributed by atoms with E-state index in [0.717, 1.165) is 25.7 Å². The summed E-state index contributed by atoms with van der Waals surface area (Å²) < 4.78 is 0. The molecule has 1 N–H and O–H groups in total. The maximum Gasteiger partial charge on any atom is 0.324 e. The second kappa shape index (κ2) is 5.22. The van der Waals surface area contributed by atoms with Crippen molar-refractivity contribution in [2.24, 2.45) is 0 Å². The zero-order valence-electron chi connectivity index (χ0n) is 10.3. The van der Waals surface area contributed by atoms with Gasteiger partial charge in [-0.05, 0) is 32.1 Å². The number of anilines is 1. The molecule has 1 aromatic rings. The number of urea groups is 1. The highest BCUT2D eigenvalue weighted by molar-refractivity contribution is 7.13. The summed E-state index contributed by atoms with van der Waals surface area (Å²) in [6.07, 6.45) is 8.38.